The first kappa shape index (κ1) is 21.3. The van der Waals surface area contributed by atoms with Crippen LogP contribution in [-0.2, 0) is 6.42 Å². The molecule has 5 aromatic rings. The van der Waals surface area contributed by atoms with E-state index in [0.717, 1.165) is 81.9 Å². The molecule has 0 bridgehead atoms. The van der Waals surface area contributed by atoms with Gasteiger partial charge in [-0.05, 0) is 44.4 Å². The van der Waals surface area contributed by atoms with Crippen molar-refractivity contribution in [2.75, 3.05) is 18.0 Å². The highest BCUT2D eigenvalue weighted by Crippen LogP contribution is 2.50. The number of hydrogen-bond donors (Lipinski definition) is 1. The van der Waals surface area contributed by atoms with Crippen molar-refractivity contribution in [1.82, 2.24) is 29.3 Å². The Hall–Kier alpha value is -3.01. The molecule has 0 radical (unpaired) electrons. The number of aromatic nitrogens is 6. The van der Waals surface area contributed by atoms with Gasteiger partial charge in [-0.15, -0.1) is 0 Å². The number of pyridine rings is 2. The topological polar surface area (TPSA) is 98.1 Å². The van der Waals surface area contributed by atoms with Crippen LogP contribution < -0.4 is 10.6 Å². The molecule has 6 heterocycles. The van der Waals surface area contributed by atoms with Crippen molar-refractivity contribution in [3.63, 3.8) is 0 Å². The van der Waals surface area contributed by atoms with Gasteiger partial charge in [0, 0.05) is 42.0 Å². The predicted octanol–water partition coefficient (Wildman–Crippen LogP) is 4.46. The minimum absolute atomic E-state index is 0.0324. The second-order valence-electron chi connectivity index (χ2n) is 9.50. The summed E-state index contributed by atoms with van der Waals surface area (Å²) in [6.45, 7) is 3.71. The van der Waals surface area contributed by atoms with Crippen LogP contribution in [0.5, 0.6) is 0 Å². The molecule has 1 saturated heterocycles. The minimum atomic E-state index is -0.0547. The van der Waals surface area contributed by atoms with Gasteiger partial charge in [-0.2, -0.15) is 0 Å². The maximum absolute atomic E-state index is 6.69. The maximum atomic E-state index is 6.69. The third-order valence-electron chi connectivity index (χ3n) is 7.63. The fourth-order valence-electron chi connectivity index (χ4n) is 5.66. The Kier molecular flexibility index (Phi) is 4.71. The number of aryl methyl sites for hydroxylation is 1. The van der Waals surface area contributed by atoms with Gasteiger partial charge in [0.25, 0.3) is 0 Å². The van der Waals surface area contributed by atoms with Gasteiger partial charge < -0.3 is 10.6 Å². The van der Waals surface area contributed by atoms with Crippen molar-refractivity contribution in [3.8, 4) is 0 Å². The summed E-state index contributed by atoms with van der Waals surface area (Å²) in [6.07, 6.45) is 10.1. The van der Waals surface area contributed by atoms with Gasteiger partial charge in [0.05, 0.1) is 39.2 Å². The van der Waals surface area contributed by atoms with Crippen LogP contribution in [0.1, 0.15) is 36.0 Å². The van der Waals surface area contributed by atoms with Gasteiger partial charge in [-0.1, -0.05) is 23.4 Å². The van der Waals surface area contributed by atoms with Crippen LogP contribution >= 0.6 is 23.4 Å². The zero-order valence-corrected chi connectivity index (χ0v) is 20.7. The number of piperidine rings is 1. The SMILES string of the molecule is Cc1nccc(Sc2ccc3nc(N4CCC5(CC4)Cc4nccnc4[C@H]5N)c4cnc2n34)c1Cl. The van der Waals surface area contributed by atoms with Crippen molar-refractivity contribution >= 4 is 46.0 Å². The zero-order valence-electron chi connectivity index (χ0n) is 19.1. The Morgan fingerprint density at radius 2 is 1.86 bits per heavy atom. The van der Waals surface area contributed by atoms with Crippen LogP contribution in [0.2, 0.25) is 5.02 Å². The summed E-state index contributed by atoms with van der Waals surface area (Å²) in [7, 11) is 0. The number of fused-ring (bicyclic) bond motifs is 1. The smallest absolute Gasteiger partial charge is 0.157 e. The van der Waals surface area contributed by atoms with Crippen LogP contribution in [0.3, 0.4) is 0 Å². The van der Waals surface area contributed by atoms with E-state index in [1.165, 1.54) is 0 Å². The molecule has 2 N–H and O–H groups in total. The highest BCUT2D eigenvalue weighted by atomic mass is 35.5. The van der Waals surface area contributed by atoms with Crippen LogP contribution in [-0.4, -0.2) is 42.4 Å². The third kappa shape index (κ3) is 3.15. The molecule has 8 nitrogen and oxygen atoms in total. The van der Waals surface area contributed by atoms with Gasteiger partial charge in [-0.25, -0.2) is 9.97 Å². The predicted molar refractivity (Wildman–Crippen MR) is 136 cm³/mol. The second-order valence-corrected chi connectivity index (χ2v) is 11.0. The Morgan fingerprint density at radius 3 is 2.69 bits per heavy atom. The monoisotopic (exact) mass is 502 g/mol. The molecule has 1 aliphatic carbocycles. The van der Waals surface area contributed by atoms with Gasteiger partial charge in [0.2, 0.25) is 0 Å². The first-order chi connectivity index (χ1) is 17.0. The molecule has 0 unspecified atom stereocenters. The first-order valence-corrected chi connectivity index (χ1v) is 12.9. The Labute approximate surface area is 211 Å². The lowest BCUT2D eigenvalue weighted by Gasteiger charge is -2.41. The zero-order chi connectivity index (χ0) is 23.7. The highest BCUT2D eigenvalue weighted by molar-refractivity contribution is 7.99. The van der Waals surface area contributed by atoms with E-state index < -0.39 is 0 Å². The quantitative estimate of drug-likeness (QED) is 0.386. The average molecular weight is 503 g/mol. The van der Waals surface area contributed by atoms with Crippen LogP contribution in [0.15, 0.2) is 52.8 Å². The van der Waals surface area contributed by atoms with E-state index in [4.69, 9.17) is 27.3 Å². The number of nitrogens with two attached hydrogens (primary N) is 1. The fourth-order valence-corrected chi connectivity index (χ4v) is 6.86. The van der Waals surface area contributed by atoms with Crippen molar-refractivity contribution in [2.45, 2.75) is 42.0 Å². The molecule has 1 fully saturated rings. The van der Waals surface area contributed by atoms with Crippen LogP contribution in [0, 0.1) is 12.3 Å². The molecule has 1 atom stereocenters. The molecular formula is C25H23ClN8S. The van der Waals surface area contributed by atoms with Gasteiger partial charge in [0.15, 0.2) is 11.5 Å². The number of hydrogen-bond acceptors (Lipinski definition) is 8. The summed E-state index contributed by atoms with van der Waals surface area (Å²) in [5, 5.41) is 0.679. The number of rotatable bonds is 3. The minimum Gasteiger partial charge on any atom is -0.355 e. The maximum Gasteiger partial charge on any atom is 0.157 e. The number of imidazole rings is 2. The summed E-state index contributed by atoms with van der Waals surface area (Å²) in [5.74, 6) is 0.989. The molecule has 1 spiro atoms. The standard InChI is InChI=1S/C25H23ClN8S/c1-14-20(26)17(4-7-28-14)35-18-2-3-19-32-23(16-13-31-24(18)34(16)19)33-10-5-25(6-11-33)12-15-21(22(25)27)30-9-8-29-15/h2-4,7-9,13,22H,5-6,10-12,27H2,1H3/t22-/m1/s1. The van der Waals surface area contributed by atoms with E-state index >= 15 is 0 Å². The van der Waals surface area contributed by atoms with Gasteiger partial charge in [-0.3, -0.25) is 19.4 Å². The summed E-state index contributed by atoms with van der Waals surface area (Å²) in [6, 6.07) is 6.02. The van der Waals surface area contributed by atoms with Gasteiger partial charge >= 0.3 is 0 Å². The molecule has 5 aromatic heterocycles. The van der Waals surface area contributed by atoms with E-state index in [-0.39, 0.29) is 11.5 Å². The molecule has 1 aliphatic heterocycles. The largest absolute Gasteiger partial charge is 0.355 e. The van der Waals surface area contributed by atoms with Crippen molar-refractivity contribution in [3.05, 3.63) is 65.1 Å². The number of anilines is 1. The van der Waals surface area contributed by atoms with Crippen molar-refractivity contribution in [2.24, 2.45) is 11.1 Å². The lowest BCUT2D eigenvalue weighted by atomic mass is 9.73. The van der Waals surface area contributed by atoms with E-state index in [9.17, 15) is 0 Å². The molecular weight excluding hydrogens is 480 g/mol. The molecule has 7 rings (SSSR count). The van der Waals surface area contributed by atoms with Crippen molar-refractivity contribution < 1.29 is 0 Å². The molecule has 176 valence electrons. The molecule has 10 heteroatoms. The first-order valence-electron chi connectivity index (χ1n) is 11.7. The summed E-state index contributed by atoms with van der Waals surface area (Å²) >= 11 is 8.11. The van der Waals surface area contributed by atoms with Crippen LogP contribution in [0.4, 0.5) is 5.82 Å². The van der Waals surface area contributed by atoms with E-state index in [1.807, 2.05) is 19.2 Å². The fraction of sp³-hybridized carbons (Fsp3) is 0.320. The highest BCUT2D eigenvalue weighted by Gasteiger charge is 2.47. The number of nitrogens with zero attached hydrogens (tertiary/aromatic N) is 7. The summed E-state index contributed by atoms with van der Waals surface area (Å²) in [5.41, 5.74) is 12.4. The van der Waals surface area contributed by atoms with Crippen molar-refractivity contribution in [1.29, 1.82) is 0 Å². The third-order valence-corrected chi connectivity index (χ3v) is 9.32. The lowest BCUT2D eigenvalue weighted by Crippen LogP contribution is -2.44. The summed E-state index contributed by atoms with van der Waals surface area (Å²) in [4.78, 5) is 27.5. The van der Waals surface area contributed by atoms with Crippen LogP contribution in [0.25, 0.3) is 16.8 Å². The molecule has 0 aromatic carbocycles. The molecule has 0 saturated carbocycles. The summed E-state index contributed by atoms with van der Waals surface area (Å²) < 4.78 is 2.15. The Morgan fingerprint density at radius 1 is 1.03 bits per heavy atom. The number of halogens is 1. The normalized spacial score (nSPS) is 19.3. The lowest BCUT2D eigenvalue weighted by molar-refractivity contribution is 0.185. The second kappa shape index (κ2) is 7.74. The van der Waals surface area contributed by atoms with Gasteiger partial charge in [0.1, 0.15) is 11.2 Å². The Bertz CT molecular complexity index is 1580. The molecule has 35 heavy (non-hydrogen) atoms. The molecule has 0 amide bonds. The average Bonchev–Trinajstić information content (AvgIpc) is 3.55. The Balaban J connectivity index is 1.18. The van der Waals surface area contributed by atoms with E-state index in [2.05, 4.69) is 36.4 Å². The van der Waals surface area contributed by atoms with E-state index in [0.29, 0.717) is 5.02 Å². The van der Waals surface area contributed by atoms with E-state index in [1.54, 1.807) is 30.4 Å². The molecule has 2 aliphatic rings.